The summed E-state index contributed by atoms with van der Waals surface area (Å²) in [6.45, 7) is 3.28. The molecule has 2 N–H and O–H groups in total. The van der Waals surface area contributed by atoms with E-state index in [-0.39, 0.29) is 24.5 Å². The van der Waals surface area contributed by atoms with Gasteiger partial charge in [0.1, 0.15) is 6.61 Å². The minimum absolute atomic E-state index is 0.191. The van der Waals surface area contributed by atoms with Crippen LogP contribution in [0.2, 0.25) is 0 Å². The van der Waals surface area contributed by atoms with Gasteiger partial charge in [-0.05, 0) is 44.9 Å². The van der Waals surface area contributed by atoms with Gasteiger partial charge in [-0.3, -0.25) is 0 Å². The number of nitrogens with one attached hydrogen (secondary N) is 2. The highest BCUT2D eigenvalue weighted by atomic mass is 16.5. The van der Waals surface area contributed by atoms with Crippen LogP contribution in [-0.4, -0.2) is 47.0 Å². The number of carbonyl (C=O) groups is 3. The van der Waals surface area contributed by atoms with Gasteiger partial charge in [0.25, 0.3) is 0 Å². The number of hydrogen-bond donors (Lipinski definition) is 2. The number of amides is 2. The summed E-state index contributed by atoms with van der Waals surface area (Å²) in [6, 6.07) is 10.0. The zero-order chi connectivity index (χ0) is 22.0. The minimum Gasteiger partial charge on any atom is -0.463 e. The highest BCUT2D eigenvalue weighted by Gasteiger charge is 2.32. The molecule has 9 heteroatoms. The van der Waals surface area contributed by atoms with Gasteiger partial charge in [-0.25, -0.2) is 19.1 Å². The first kappa shape index (κ1) is 20.6. The topological polar surface area (TPSA) is 112 Å². The van der Waals surface area contributed by atoms with Crippen molar-refractivity contribution in [3.63, 3.8) is 0 Å². The van der Waals surface area contributed by atoms with Gasteiger partial charge in [-0.1, -0.05) is 18.2 Å². The summed E-state index contributed by atoms with van der Waals surface area (Å²) >= 11 is 0. The molecular formula is C22H24N4O5. The Morgan fingerprint density at radius 3 is 2.58 bits per heavy atom. The summed E-state index contributed by atoms with van der Waals surface area (Å²) in [4.78, 5) is 37.2. The van der Waals surface area contributed by atoms with E-state index in [1.54, 1.807) is 24.6 Å². The third-order valence-corrected chi connectivity index (χ3v) is 5.15. The first-order valence-electron chi connectivity index (χ1n) is 10.3. The molecule has 2 amide bonds. The van der Waals surface area contributed by atoms with E-state index < -0.39 is 24.0 Å². The molecule has 1 aliphatic heterocycles. The Bertz CT molecular complexity index is 1040. The monoisotopic (exact) mass is 424 g/mol. The van der Waals surface area contributed by atoms with Crippen molar-refractivity contribution in [3.8, 4) is 5.69 Å². The number of benzene rings is 1. The van der Waals surface area contributed by atoms with Crippen LogP contribution >= 0.6 is 0 Å². The minimum atomic E-state index is -0.598. The Labute approximate surface area is 179 Å². The smallest absolute Gasteiger partial charge is 0.357 e. The standard InChI is InChI=1S/C22H24N4O5/c1-3-30-21(28)19-13(2)23-22(29)24-17(19)12-31-20(27)18-11-16(14-9-10-14)25-26(18)15-7-5-4-6-8-15/h4-8,11,13-14H,3,9-10,12H2,1-2H3,(H2,23,24,29)/t13-/m1/s1. The zero-order valence-electron chi connectivity index (χ0n) is 17.4. The Morgan fingerprint density at radius 2 is 1.90 bits per heavy atom. The molecule has 0 saturated heterocycles. The third-order valence-electron chi connectivity index (χ3n) is 5.15. The summed E-state index contributed by atoms with van der Waals surface area (Å²) in [5.74, 6) is -0.808. The Morgan fingerprint density at radius 1 is 1.16 bits per heavy atom. The molecule has 1 aromatic heterocycles. The van der Waals surface area contributed by atoms with E-state index in [2.05, 4.69) is 15.7 Å². The van der Waals surface area contributed by atoms with Crippen LogP contribution in [0.4, 0.5) is 4.79 Å². The fourth-order valence-corrected chi connectivity index (χ4v) is 3.49. The largest absolute Gasteiger partial charge is 0.463 e. The first-order chi connectivity index (χ1) is 15.0. The summed E-state index contributed by atoms with van der Waals surface area (Å²) in [6.07, 6.45) is 2.10. The number of para-hydroxylation sites is 1. The second kappa shape index (κ2) is 8.63. The molecule has 1 fully saturated rings. The Kier molecular flexibility index (Phi) is 5.75. The third kappa shape index (κ3) is 4.45. The average molecular weight is 424 g/mol. The number of ether oxygens (including phenoxy) is 2. The molecule has 1 saturated carbocycles. The molecule has 2 aromatic rings. The van der Waals surface area contributed by atoms with Gasteiger partial charge in [0.15, 0.2) is 5.69 Å². The number of hydrogen-bond acceptors (Lipinski definition) is 6. The molecule has 2 aliphatic rings. The highest BCUT2D eigenvalue weighted by Crippen LogP contribution is 2.39. The highest BCUT2D eigenvalue weighted by molar-refractivity contribution is 5.95. The summed E-state index contributed by atoms with van der Waals surface area (Å²) < 4.78 is 12.1. The number of carbonyl (C=O) groups excluding carboxylic acids is 3. The predicted octanol–water partition coefficient (Wildman–Crippen LogP) is 2.43. The van der Waals surface area contributed by atoms with E-state index in [4.69, 9.17) is 9.47 Å². The van der Waals surface area contributed by atoms with Crippen LogP contribution in [0.3, 0.4) is 0 Å². The molecule has 0 unspecified atom stereocenters. The Balaban J connectivity index is 1.58. The second-order valence-electron chi connectivity index (χ2n) is 7.49. The van der Waals surface area contributed by atoms with E-state index in [1.807, 2.05) is 30.3 Å². The SMILES string of the molecule is CCOC(=O)C1=C(COC(=O)c2cc(C3CC3)nn2-c2ccccc2)NC(=O)N[C@@H]1C. The maximum absolute atomic E-state index is 13.0. The van der Waals surface area contributed by atoms with Crippen LogP contribution < -0.4 is 10.6 Å². The molecule has 1 aromatic carbocycles. The number of esters is 2. The lowest BCUT2D eigenvalue weighted by Crippen LogP contribution is -2.50. The van der Waals surface area contributed by atoms with Crippen molar-refractivity contribution in [2.45, 2.75) is 38.6 Å². The van der Waals surface area contributed by atoms with Gasteiger partial charge in [0.2, 0.25) is 0 Å². The maximum Gasteiger partial charge on any atom is 0.357 e. The fourth-order valence-electron chi connectivity index (χ4n) is 3.49. The normalized spacial score (nSPS) is 18.3. The van der Waals surface area contributed by atoms with Crippen molar-refractivity contribution >= 4 is 18.0 Å². The lowest BCUT2D eigenvalue weighted by molar-refractivity contribution is -0.139. The number of urea groups is 1. The van der Waals surface area contributed by atoms with Gasteiger partial charge in [0, 0.05) is 5.92 Å². The molecule has 1 atom stereocenters. The van der Waals surface area contributed by atoms with Crippen LogP contribution in [0.25, 0.3) is 5.69 Å². The summed E-state index contributed by atoms with van der Waals surface area (Å²) in [5.41, 5.74) is 2.32. The molecule has 2 heterocycles. The van der Waals surface area contributed by atoms with Crippen LogP contribution in [0.1, 0.15) is 48.8 Å². The molecular weight excluding hydrogens is 400 g/mol. The van der Waals surface area contributed by atoms with Crippen LogP contribution in [0.5, 0.6) is 0 Å². The van der Waals surface area contributed by atoms with Crippen LogP contribution in [0.15, 0.2) is 47.7 Å². The van der Waals surface area contributed by atoms with Crippen LogP contribution in [-0.2, 0) is 14.3 Å². The van der Waals surface area contributed by atoms with Crippen LogP contribution in [0, 0.1) is 0 Å². The first-order valence-corrected chi connectivity index (χ1v) is 10.3. The molecule has 1 aliphatic carbocycles. The van der Waals surface area contributed by atoms with Crippen molar-refractivity contribution in [1.29, 1.82) is 0 Å². The van der Waals surface area contributed by atoms with E-state index in [0.29, 0.717) is 11.6 Å². The quantitative estimate of drug-likeness (QED) is 0.661. The second-order valence-corrected chi connectivity index (χ2v) is 7.49. The van der Waals surface area contributed by atoms with Gasteiger partial charge < -0.3 is 20.1 Å². The van der Waals surface area contributed by atoms with E-state index in [1.165, 1.54) is 0 Å². The maximum atomic E-state index is 13.0. The van der Waals surface area contributed by atoms with Crippen molar-refractivity contribution in [3.05, 3.63) is 59.1 Å². The van der Waals surface area contributed by atoms with E-state index in [9.17, 15) is 14.4 Å². The molecule has 9 nitrogen and oxygen atoms in total. The fraction of sp³-hybridized carbons (Fsp3) is 0.364. The lowest BCUT2D eigenvalue weighted by atomic mass is 10.0. The zero-order valence-corrected chi connectivity index (χ0v) is 17.4. The number of aromatic nitrogens is 2. The average Bonchev–Trinajstić information content (AvgIpc) is 3.50. The molecule has 0 spiro atoms. The summed E-state index contributed by atoms with van der Waals surface area (Å²) in [5, 5.41) is 9.76. The van der Waals surface area contributed by atoms with Crippen molar-refractivity contribution in [2.24, 2.45) is 0 Å². The molecule has 0 bridgehead atoms. The molecule has 4 rings (SSSR count). The summed E-state index contributed by atoms with van der Waals surface area (Å²) in [7, 11) is 0. The van der Waals surface area contributed by atoms with Gasteiger partial charge in [-0.15, -0.1) is 0 Å². The Hall–Kier alpha value is -3.62. The number of nitrogens with zero attached hydrogens (tertiary/aromatic N) is 2. The van der Waals surface area contributed by atoms with E-state index in [0.717, 1.165) is 24.2 Å². The predicted molar refractivity (Wildman–Crippen MR) is 111 cm³/mol. The van der Waals surface area contributed by atoms with Crippen molar-refractivity contribution < 1.29 is 23.9 Å². The van der Waals surface area contributed by atoms with Crippen molar-refractivity contribution in [1.82, 2.24) is 20.4 Å². The number of rotatable bonds is 7. The van der Waals surface area contributed by atoms with Gasteiger partial charge >= 0.3 is 18.0 Å². The van der Waals surface area contributed by atoms with Gasteiger partial charge in [-0.2, -0.15) is 5.10 Å². The molecule has 0 radical (unpaired) electrons. The van der Waals surface area contributed by atoms with E-state index >= 15 is 0 Å². The molecule has 162 valence electrons. The lowest BCUT2D eigenvalue weighted by Gasteiger charge is -2.26. The molecule has 31 heavy (non-hydrogen) atoms. The van der Waals surface area contributed by atoms with Crippen molar-refractivity contribution in [2.75, 3.05) is 13.2 Å². The van der Waals surface area contributed by atoms with Gasteiger partial charge in [0.05, 0.1) is 35.3 Å².